The van der Waals surface area contributed by atoms with E-state index in [-0.39, 0.29) is 40.3 Å². The van der Waals surface area contributed by atoms with Gasteiger partial charge >= 0.3 is 5.97 Å². The Kier molecular flexibility index (Phi) is 10.0. The molecule has 0 unspecified atom stereocenters. The first kappa shape index (κ1) is 28.4. The second-order valence-electron chi connectivity index (χ2n) is 8.71. The smallest absolute Gasteiger partial charge is 0.357 e. The normalized spacial score (nSPS) is 10.6. The second-order valence-corrected chi connectivity index (χ2v) is 9.71. The summed E-state index contributed by atoms with van der Waals surface area (Å²) in [6.45, 7) is 10.3. The molecule has 0 aliphatic carbocycles. The van der Waals surface area contributed by atoms with E-state index >= 15 is 0 Å². The van der Waals surface area contributed by atoms with Crippen molar-refractivity contribution in [1.82, 2.24) is 9.47 Å². The number of thiazole rings is 1. The van der Waals surface area contributed by atoms with Gasteiger partial charge in [0.15, 0.2) is 5.57 Å². The molecule has 2 aromatic rings. The third-order valence-corrected chi connectivity index (χ3v) is 6.15. The summed E-state index contributed by atoms with van der Waals surface area (Å²) in [7, 11) is 1.90. The molecule has 0 saturated carbocycles. The number of nitriles is 1. The van der Waals surface area contributed by atoms with Gasteiger partial charge in [0.05, 0.1) is 13.2 Å². The minimum atomic E-state index is -0.789. The first-order valence-electron chi connectivity index (χ1n) is 11.4. The van der Waals surface area contributed by atoms with Crippen molar-refractivity contribution in [2.24, 2.45) is 0 Å². The number of amides is 1. The van der Waals surface area contributed by atoms with Crippen molar-refractivity contribution in [3.05, 3.63) is 55.6 Å². The van der Waals surface area contributed by atoms with E-state index in [1.807, 2.05) is 38.8 Å². The predicted octanol–water partition coefficient (Wildman–Crippen LogP) is 2.00. The standard InChI is InChI=1S/C26H31N5O4S/c1-7-31-23(14-18(16-27)25(34)35-8-2)36-21(24(31)33)12-13-28-19-10-9-11-20(15-19)29-22(32)17-30(6)26(3,4)5/h9-11,13,15,28H,7-8,17H2,1-6H3,(H,29,32). The second kappa shape index (κ2) is 12.7. The minimum absolute atomic E-state index is 0.123. The van der Waals surface area contributed by atoms with Gasteiger partial charge in [0.1, 0.15) is 15.3 Å². The molecule has 0 spiro atoms. The molecule has 2 N–H and O–H groups in total. The monoisotopic (exact) mass is 509 g/mol. The van der Waals surface area contributed by atoms with E-state index in [9.17, 15) is 19.6 Å². The Bertz CT molecular complexity index is 1410. The fourth-order valence-corrected chi connectivity index (χ4v) is 3.83. The van der Waals surface area contributed by atoms with Gasteiger partial charge in [-0.2, -0.15) is 5.26 Å². The summed E-state index contributed by atoms with van der Waals surface area (Å²) in [6, 6.07) is 8.94. The Balaban J connectivity index is 2.32. The topological polar surface area (TPSA) is 116 Å². The maximum absolute atomic E-state index is 12.7. The van der Waals surface area contributed by atoms with Gasteiger partial charge in [0.25, 0.3) is 5.56 Å². The van der Waals surface area contributed by atoms with Crippen molar-refractivity contribution in [1.29, 1.82) is 5.26 Å². The van der Waals surface area contributed by atoms with E-state index < -0.39 is 5.97 Å². The molecule has 1 aromatic carbocycles. The average Bonchev–Trinajstić information content (AvgIpc) is 3.11. The Morgan fingerprint density at radius 1 is 1.25 bits per heavy atom. The van der Waals surface area contributed by atoms with Crippen LogP contribution in [0.25, 0.3) is 11.5 Å². The molecule has 36 heavy (non-hydrogen) atoms. The summed E-state index contributed by atoms with van der Waals surface area (Å²) < 4.78 is 6.87. The van der Waals surface area contributed by atoms with Crippen LogP contribution in [0, 0.1) is 11.3 Å². The van der Waals surface area contributed by atoms with E-state index in [2.05, 4.69) is 22.1 Å². The van der Waals surface area contributed by atoms with Crippen molar-refractivity contribution in [3.63, 3.8) is 0 Å². The zero-order valence-corrected chi connectivity index (χ0v) is 22.2. The molecule has 1 heterocycles. The van der Waals surface area contributed by atoms with Crippen LogP contribution in [-0.4, -0.2) is 47.1 Å². The third-order valence-electron chi connectivity index (χ3n) is 5.14. The van der Waals surface area contributed by atoms with Crippen LogP contribution in [0.4, 0.5) is 11.4 Å². The zero-order valence-electron chi connectivity index (χ0n) is 21.4. The number of carbonyl (C=O) groups is 2. The summed E-state index contributed by atoms with van der Waals surface area (Å²) in [5.74, 6) is -0.912. The fourth-order valence-electron chi connectivity index (χ4n) is 2.84. The van der Waals surface area contributed by atoms with E-state index in [4.69, 9.17) is 4.74 Å². The Hall–Kier alpha value is -3.86. The molecule has 9 nitrogen and oxygen atoms in total. The Morgan fingerprint density at radius 3 is 2.56 bits per heavy atom. The fraction of sp³-hybridized carbons (Fsp3) is 0.385. The van der Waals surface area contributed by atoms with Crippen LogP contribution in [0.3, 0.4) is 0 Å². The van der Waals surface area contributed by atoms with E-state index in [1.54, 1.807) is 38.1 Å². The molecule has 2 rings (SSSR count). The van der Waals surface area contributed by atoms with Gasteiger partial charge < -0.3 is 15.4 Å². The molecule has 0 fully saturated rings. The maximum Gasteiger partial charge on any atom is 0.357 e. The van der Waals surface area contributed by atoms with Crippen molar-refractivity contribution < 1.29 is 14.3 Å². The first-order valence-corrected chi connectivity index (χ1v) is 12.2. The molecule has 190 valence electrons. The number of ether oxygens (including phenoxy) is 1. The number of hydrogen-bond acceptors (Lipinski definition) is 8. The minimum Gasteiger partial charge on any atom is -0.461 e. The highest BCUT2D eigenvalue weighted by Gasteiger charge is 2.19. The number of carbonyl (C=O) groups excluding carboxylic acids is 2. The number of likely N-dealkylation sites (N-methyl/N-ethyl adjacent to an activating group) is 1. The van der Waals surface area contributed by atoms with Crippen LogP contribution in [0.2, 0.25) is 0 Å². The number of esters is 1. The number of aromatic nitrogens is 1. The van der Waals surface area contributed by atoms with Gasteiger partial charge in [-0.25, -0.2) is 4.79 Å². The lowest BCUT2D eigenvalue weighted by molar-refractivity contribution is -0.137. The molecule has 0 radical (unpaired) electrons. The highest BCUT2D eigenvalue weighted by atomic mass is 32.1. The molecule has 0 aliphatic heterocycles. The van der Waals surface area contributed by atoms with Crippen molar-refractivity contribution in [3.8, 4) is 6.07 Å². The van der Waals surface area contributed by atoms with E-state index in [0.717, 1.165) is 11.3 Å². The number of nitrogens with zero attached hydrogens (tertiary/aromatic N) is 3. The van der Waals surface area contributed by atoms with Crippen LogP contribution < -0.4 is 25.4 Å². The SMILES string of the molecule is CCOC(=O)C(=C=c1sc(=C=CNc2cccc(NC(=O)CN(C)C(C)(C)C)c2)c(=O)n1CC)C#N. The van der Waals surface area contributed by atoms with Gasteiger partial charge in [-0.3, -0.25) is 19.1 Å². The lowest BCUT2D eigenvalue weighted by atomic mass is 10.1. The van der Waals surface area contributed by atoms with Crippen LogP contribution in [0.1, 0.15) is 34.6 Å². The molecule has 0 saturated heterocycles. The maximum atomic E-state index is 12.7. The molecule has 10 heteroatoms. The summed E-state index contributed by atoms with van der Waals surface area (Å²) in [5.41, 5.74) is 6.19. The molecule has 0 bridgehead atoms. The van der Waals surface area contributed by atoms with Crippen molar-refractivity contribution >= 4 is 46.1 Å². The average molecular weight is 510 g/mol. The Labute approximate surface area is 214 Å². The zero-order chi connectivity index (χ0) is 26.9. The summed E-state index contributed by atoms with van der Waals surface area (Å²) in [6.07, 6.45) is 1.49. The first-order chi connectivity index (χ1) is 17.0. The number of rotatable bonds is 8. The molecular weight excluding hydrogens is 478 g/mol. The van der Waals surface area contributed by atoms with Gasteiger partial charge in [-0.05, 0) is 59.9 Å². The number of anilines is 2. The predicted molar refractivity (Wildman–Crippen MR) is 142 cm³/mol. The lowest BCUT2D eigenvalue weighted by Gasteiger charge is -2.31. The highest BCUT2D eigenvalue weighted by molar-refractivity contribution is 7.07. The summed E-state index contributed by atoms with van der Waals surface area (Å²) in [4.78, 5) is 39.0. The van der Waals surface area contributed by atoms with E-state index in [0.29, 0.717) is 22.6 Å². The lowest BCUT2D eigenvalue weighted by Crippen LogP contribution is -2.42. The van der Waals surface area contributed by atoms with Crippen LogP contribution in [-0.2, 0) is 20.9 Å². The molecule has 1 amide bonds. The van der Waals surface area contributed by atoms with Crippen LogP contribution >= 0.6 is 11.3 Å². The quantitative estimate of drug-likeness (QED) is 0.318. The van der Waals surface area contributed by atoms with Crippen molar-refractivity contribution in [2.45, 2.75) is 46.7 Å². The molecule has 0 atom stereocenters. The van der Waals surface area contributed by atoms with Gasteiger partial charge in [-0.15, -0.1) is 0 Å². The van der Waals surface area contributed by atoms with Crippen LogP contribution in [0.5, 0.6) is 0 Å². The van der Waals surface area contributed by atoms with Gasteiger partial charge in [0.2, 0.25) is 5.91 Å². The van der Waals surface area contributed by atoms with Crippen molar-refractivity contribution in [2.75, 3.05) is 30.8 Å². The molecular formula is C26H31N5O4S. The molecule has 0 aliphatic rings. The number of hydrogen-bond donors (Lipinski definition) is 2. The third kappa shape index (κ3) is 7.84. The Morgan fingerprint density at radius 2 is 1.94 bits per heavy atom. The number of benzene rings is 1. The highest BCUT2D eigenvalue weighted by Crippen LogP contribution is 2.16. The van der Waals surface area contributed by atoms with E-state index in [1.165, 1.54) is 10.8 Å². The largest absolute Gasteiger partial charge is 0.461 e. The summed E-state index contributed by atoms with van der Waals surface area (Å²) in [5, 5.41) is 15.2. The molecule has 1 aromatic heterocycles. The van der Waals surface area contributed by atoms with Gasteiger partial charge in [0, 0.05) is 29.7 Å². The van der Waals surface area contributed by atoms with Crippen LogP contribution in [0.15, 0.2) is 40.8 Å². The van der Waals surface area contributed by atoms with Gasteiger partial charge in [-0.1, -0.05) is 28.9 Å². The summed E-state index contributed by atoms with van der Waals surface area (Å²) >= 11 is 1.06. The number of nitrogens with one attached hydrogen (secondary N) is 2.